The van der Waals surface area contributed by atoms with Crippen LogP contribution in [0.2, 0.25) is 5.02 Å². The number of carbonyl (C=O) groups excluding carboxylic acids is 1. The zero-order valence-electron chi connectivity index (χ0n) is 8.70. The Morgan fingerprint density at radius 1 is 1.44 bits per heavy atom. The summed E-state index contributed by atoms with van der Waals surface area (Å²) in [6.07, 6.45) is 0.354. The number of esters is 1. The van der Waals surface area contributed by atoms with Gasteiger partial charge in [0.05, 0.1) is 12.7 Å². The van der Waals surface area contributed by atoms with Gasteiger partial charge in [-0.2, -0.15) is 0 Å². The molecule has 4 nitrogen and oxygen atoms in total. The van der Waals surface area contributed by atoms with Crippen molar-refractivity contribution in [2.24, 2.45) is 0 Å². The summed E-state index contributed by atoms with van der Waals surface area (Å²) >= 11 is 5.91. The molecule has 1 aromatic carbocycles. The fourth-order valence-electron chi connectivity index (χ4n) is 1.24. The molecule has 0 aliphatic rings. The molecule has 86 valence electrons. The number of hydrogen-bond donors (Lipinski definition) is 1. The normalized spacial score (nSPS) is 9.88. The van der Waals surface area contributed by atoms with Gasteiger partial charge in [0.15, 0.2) is 0 Å². The summed E-state index contributed by atoms with van der Waals surface area (Å²) in [5.41, 5.74) is 1.06. The van der Waals surface area contributed by atoms with Crippen molar-refractivity contribution >= 4 is 23.5 Å². The van der Waals surface area contributed by atoms with Gasteiger partial charge in [-0.15, -0.1) is 0 Å². The number of ether oxygens (including phenoxy) is 1. The first kappa shape index (κ1) is 12.5. The maximum atomic E-state index is 11.2. The van der Waals surface area contributed by atoms with Gasteiger partial charge in [0.1, 0.15) is 0 Å². The highest BCUT2D eigenvalue weighted by Crippen LogP contribution is 2.19. The number of rotatable bonds is 4. The number of carbonyl (C=O) groups is 2. The number of methoxy groups -OCH3 is 1. The maximum absolute atomic E-state index is 11.2. The number of carboxylic acid groups (broad SMARTS) is 1. The smallest absolute Gasteiger partial charge is 0.337 e. The van der Waals surface area contributed by atoms with Crippen molar-refractivity contribution in [1.29, 1.82) is 0 Å². The number of aliphatic carboxylic acids is 1. The molecule has 0 fully saturated rings. The molecule has 0 radical (unpaired) electrons. The Balaban J connectivity index is 2.83. The van der Waals surface area contributed by atoms with E-state index in [0.717, 1.165) is 0 Å². The third-order valence-electron chi connectivity index (χ3n) is 2.08. The molecule has 1 rings (SSSR count). The number of halogens is 1. The van der Waals surface area contributed by atoms with Gasteiger partial charge in [-0.1, -0.05) is 17.7 Å². The molecule has 0 saturated heterocycles. The highest BCUT2D eigenvalue weighted by molar-refractivity contribution is 6.31. The molecule has 0 heterocycles. The van der Waals surface area contributed by atoms with Gasteiger partial charge < -0.3 is 9.84 Å². The van der Waals surface area contributed by atoms with Crippen molar-refractivity contribution in [1.82, 2.24) is 0 Å². The zero-order valence-corrected chi connectivity index (χ0v) is 9.45. The summed E-state index contributed by atoms with van der Waals surface area (Å²) in [5, 5.41) is 8.91. The Morgan fingerprint density at radius 2 is 2.12 bits per heavy atom. The van der Waals surface area contributed by atoms with Gasteiger partial charge >= 0.3 is 11.9 Å². The first-order valence-electron chi connectivity index (χ1n) is 4.63. The van der Waals surface area contributed by atoms with Crippen LogP contribution < -0.4 is 0 Å². The molecule has 0 aliphatic heterocycles. The monoisotopic (exact) mass is 242 g/mol. The predicted molar refractivity (Wildman–Crippen MR) is 58.7 cm³/mol. The average Bonchev–Trinajstić information content (AvgIpc) is 2.26. The largest absolute Gasteiger partial charge is 0.481 e. The molecule has 0 bridgehead atoms. The highest BCUT2D eigenvalue weighted by atomic mass is 35.5. The van der Waals surface area contributed by atoms with E-state index >= 15 is 0 Å². The fraction of sp³-hybridized carbons (Fsp3) is 0.273. The topological polar surface area (TPSA) is 63.6 Å². The second-order valence-corrected chi connectivity index (χ2v) is 3.60. The molecular formula is C11H11ClO4. The average molecular weight is 243 g/mol. The van der Waals surface area contributed by atoms with Crippen molar-refractivity contribution in [2.45, 2.75) is 12.8 Å². The Morgan fingerprint density at radius 3 is 2.62 bits per heavy atom. The highest BCUT2D eigenvalue weighted by Gasteiger charge is 2.09. The lowest BCUT2D eigenvalue weighted by Gasteiger charge is -2.04. The number of hydrogen-bond acceptors (Lipinski definition) is 3. The van der Waals surface area contributed by atoms with Crippen molar-refractivity contribution < 1.29 is 19.4 Å². The van der Waals surface area contributed by atoms with Gasteiger partial charge in [0.2, 0.25) is 0 Å². The molecule has 0 unspecified atom stereocenters. The first-order chi connectivity index (χ1) is 7.54. The summed E-state index contributed by atoms with van der Waals surface area (Å²) in [6, 6.07) is 4.68. The molecule has 1 N–H and O–H groups in total. The minimum atomic E-state index is -0.881. The molecule has 0 atom stereocenters. The molecule has 0 amide bonds. The summed E-state index contributed by atoms with van der Waals surface area (Å²) in [5.74, 6) is -1.35. The minimum Gasteiger partial charge on any atom is -0.481 e. The van der Waals surface area contributed by atoms with Crippen LogP contribution >= 0.6 is 11.6 Å². The van der Waals surface area contributed by atoms with E-state index < -0.39 is 11.9 Å². The van der Waals surface area contributed by atoms with Crippen LogP contribution in [0.5, 0.6) is 0 Å². The Hall–Kier alpha value is -1.55. The van der Waals surface area contributed by atoms with Crippen LogP contribution in [0.3, 0.4) is 0 Å². The van der Waals surface area contributed by atoms with Crippen molar-refractivity contribution in [2.75, 3.05) is 7.11 Å². The Labute approximate surface area is 97.8 Å². The summed E-state index contributed by atoms with van der Waals surface area (Å²) in [6.45, 7) is 0. The van der Waals surface area contributed by atoms with Crippen LogP contribution in [-0.2, 0) is 16.0 Å². The lowest BCUT2D eigenvalue weighted by atomic mass is 10.1. The van der Waals surface area contributed by atoms with Crippen LogP contribution in [0, 0.1) is 0 Å². The van der Waals surface area contributed by atoms with E-state index in [4.69, 9.17) is 16.7 Å². The zero-order chi connectivity index (χ0) is 12.1. The van der Waals surface area contributed by atoms with Crippen molar-refractivity contribution in [3.05, 3.63) is 34.3 Å². The number of aryl methyl sites for hydroxylation is 1. The fourth-order valence-corrected chi connectivity index (χ4v) is 1.51. The van der Waals surface area contributed by atoms with E-state index in [1.807, 2.05) is 0 Å². The van der Waals surface area contributed by atoms with Crippen LogP contribution in [0.25, 0.3) is 0 Å². The van der Waals surface area contributed by atoms with E-state index in [2.05, 4.69) is 4.74 Å². The SMILES string of the molecule is COC(=O)c1ccc(CCC(=O)O)c(Cl)c1. The summed E-state index contributed by atoms with van der Waals surface area (Å²) in [7, 11) is 1.29. The molecule has 16 heavy (non-hydrogen) atoms. The quantitative estimate of drug-likeness (QED) is 0.822. The van der Waals surface area contributed by atoms with E-state index in [0.29, 0.717) is 22.6 Å². The second-order valence-electron chi connectivity index (χ2n) is 3.19. The van der Waals surface area contributed by atoms with Gasteiger partial charge in [0.25, 0.3) is 0 Å². The van der Waals surface area contributed by atoms with Gasteiger partial charge in [-0.3, -0.25) is 4.79 Å². The maximum Gasteiger partial charge on any atom is 0.337 e. The van der Waals surface area contributed by atoms with Crippen LogP contribution in [-0.4, -0.2) is 24.2 Å². The third-order valence-corrected chi connectivity index (χ3v) is 2.43. The number of benzene rings is 1. The lowest BCUT2D eigenvalue weighted by molar-refractivity contribution is -0.136. The molecule has 0 saturated carbocycles. The van der Waals surface area contributed by atoms with Crippen molar-refractivity contribution in [3.63, 3.8) is 0 Å². The van der Waals surface area contributed by atoms with Crippen LogP contribution in [0.15, 0.2) is 18.2 Å². The van der Waals surface area contributed by atoms with E-state index in [1.54, 1.807) is 12.1 Å². The lowest BCUT2D eigenvalue weighted by Crippen LogP contribution is -2.02. The molecule has 0 spiro atoms. The molecule has 0 aromatic heterocycles. The van der Waals surface area contributed by atoms with Crippen molar-refractivity contribution in [3.8, 4) is 0 Å². The van der Waals surface area contributed by atoms with Gasteiger partial charge in [0, 0.05) is 11.4 Å². The Kier molecular flexibility index (Phi) is 4.31. The molecule has 0 aliphatic carbocycles. The van der Waals surface area contributed by atoms with Crippen LogP contribution in [0.1, 0.15) is 22.3 Å². The second kappa shape index (κ2) is 5.51. The Bertz CT molecular complexity index is 414. The van der Waals surface area contributed by atoms with E-state index in [-0.39, 0.29) is 6.42 Å². The van der Waals surface area contributed by atoms with E-state index in [9.17, 15) is 9.59 Å². The minimum absolute atomic E-state index is 0.0112. The molecule has 1 aromatic rings. The summed E-state index contributed by atoms with van der Waals surface area (Å²) < 4.78 is 4.54. The number of carboxylic acids is 1. The predicted octanol–water partition coefficient (Wildman–Crippen LogP) is 2.14. The van der Waals surface area contributed by atoms with Gasteiger partial charge in [-0.05, 0) is 24.1 Å². The standard InChI is InChI=1S/C11H11ClO4/c1-16-11(15)8-3-2-7(9(12)6-8)4-5-10(13)14/h2-3,6H,4-5H2,1H3,(H,13,14). The van der Waals surface area contributed by atoms with Gasteiger partial charge in [-0.25, -0.2) is 4.79 Å². The summed E-state index contributed by atoms with van der Waals surface area (Å²) in [4.78, 5) is 21.6. The molecular weight excluding hydrogens is 232 g/mol. The third kappa shape index (κ3) is 3.24. The van der Waals surface area contributed by atoms with Crippen LogP contribution in [0.4, 0.5) is 0 Å². The van der Waals surface area contributed by atoms with E-state index in [1.165, 1.54) is 13.2 Å². The first-order valence-corrected chi connectivity index (χ1v) is 5.01. The molecule has 5 heteroatoms.